The van der Waals surface area contributed by atoms with E-state index in [4.69, 9.17) is 5.73 Å². The Kier molecular flexibility index (Phi) is 4.39. The van der Waals surface area contributed by atoms with Crippen LogP contribution >= 0.6 is 0 Å². The molecule has 1 aliphatic rings. The minimum Gasteiger partial charge on any atom is -0.338 e. The molecule has 2 amide bonds. The number of urea groups is 1. The van der Waals surface area contributed by atoms with E-state index >= 15 is 0 Å². The fraction of sp³-hybridized carbons (Fsp3) is 0.909. The van der Waals surface area contributed by atoms with Gasteiger partial charge in [0.2, 0.25) is 0 Å². The molecule has 0 saturated carbocycles. The molecule has 3 N–H and O–H groups in total. The van der Waals surface area contributed by atoms with Crippen LogP contribution in [0.3, 0.4) is 0 Å². The fourth-order valence-electron chi connectivity index (χ4n) is 1.91. The summed E-state index contributed by atoms with van der Waals surface area (Å²) >= 11 is 0. The van der Waals surface area contributed by atoms with Crippen LogP contribution in [0.5, 0.6) is 0 Å². The standard InChI is InChI=1S/C11H23N3O/c1-8(2)5-13-11(15)14-6-9(3)10(4-12)7-14/h8-10H,4-7,12H2,1-3H3,(H,13,15)/t9-,10-/m1/s1. The summed E-state index contributed by atoms with van der Waals surface area (Å²) in [5.74, 6) is 1.49. The second-order valence-corrected chi connectivity index (χ2v) is 4.96. The van der Waals surface area contributed by atoms with Crippen LogP contribution in [0.4, 0.5) is 4.79 Å². The van der Waals surface area contributed by atoms with Gasteiger partial charge in [-0.1, -0.05) is 20.8 Å². The largest absolute Gasteiger partial charge is 0.338 e. The highest BCUT2D eigenvalue weighted by atomic mass is 16.2. The highest BCUT2D eigenvalue weighted by Crippen LogP contribution is 2.21. The molecule has 0 unspecified atom stereocenters. The Labute approximate surface area is 92.2 Å². The lowest BCUT2D eigenvalue weighted by molar-refractivity contribution is 0.205. The lowest BCUT2D eigenvalue weighted by Crippen LogP contribution is -2.40. The zero-order valence-electron chi connectivity index (χ0n) is 9.99. The number of likely N-dealkylation sites (tertiary alicyclic amines) is 1. The molecule has 0 radical (unpaired) electrons. The molecule has 0 aliphatic carbocycles. The molecule has 0 aromatic rings. The molecular weight excluding hydrogens is 190 g/mol. The minimum atomic E-state index is 0.0616. The quantitative estimate of drug-likeness (QED) is 0.731. The van der Waals surface area contributed by atoms with Crippen LogP contribution in [-0.4, -0.2) is 37.1 Å². The van der Waals surface area contributed by atoms with Crippen LogP contribution in [0.1, 0.15) is 20.8 Å². The summed E-state index contributed by atoms with van der Waals surface area (Å²) in [6, 6.07) is 0.0616. The Morgan fingerprint density at radius 1 is 1.53 bits per heavy atom. The molecule has 0 spiro atoms. The van der Waals surface area contributed by atoms with E-state index in [2.05, 4.69) is 26.1 Å². The van der Waals surface area contributed by atoms with Crippen molar-refractivity contribution in [3.63, 3.8) is 0 Å². The van der Waals surface area contributed by atoms with E-state index in [0.29, 0.717) is 24.3 Å². The number of hydrogen-bond donors (Lipinski definition) is 2. The van der Waals surface area contributed by atoms with E-state index in [1.54, 1.807) is 0 Å². The summed E-state index contributed by atoms with van der Waals surface area (Å²) in [5.41, 5.74) is 5.65. The van der Waals surface area contributed by atoms with Gasteiger partial charge in [-0.15, -0.1) is 0 Å². The third-order valence-corrected chi connectivity index (χ3v) is 3.02. The SMILES string of the molecule is CC(C)CNC(=O)N1C[C@@H](CN)[C@H](C)C1. The first-order chi connectivity index (χ1) is 7.04. The molecule has 4 heteroatoms. The van der Waals surface area contributed by atoms with Crippen molar-refractivity contribution in [1.82, 2.24) is 10.2 Å². The lowest BCUT2D eigenvalue weighted by atomic mass is 9.99. The molecule has 2 atom stereocenters. The molecule has 1 rings (SSSR count). The van der Waals surface area contributed by atoms with Gasteiger partial charge in [0.05, 0.1) is 0 Å². The van der Waals surface area contributed by atoms with Crippen LogP contribution < -0.4 is 11.1 Å². The van der Waals surface area contributed by atoms with Gasteiger partial charge in [-0.05, 0) is 24.3 Å². The molecule has 0 aromatic carbocycles. The lowest BCUT2D eigenvalue weighted by Gasteiger charge is -2.18. The van der Waals surface area contributed by atoms with Gasteiger partial charge in [-0.25, -0.2) is 4.79 Å². The summed E-state index contributed by atoms with van der Waals surface area (Å²) in [4.78, 5) is 13.6. The number of nitrogens with zero attached hydrogens (tertiary/aromatic N) is 1. The summed E-state index contributed by atoms with van der Waals surface area (Å²) < 4.78 is 0. The summed E-state index contributed by atoms with van der Waals surface area (Å²) in [6.07, 6.45) is 0. The van der Waals surface area contributed by atoms with Crippen LogP contribution in [0.25, 0.3) is 0 Å². The monoisotopic (exact) mass is 213 g/mol. The highest BCUT2D eigenvalue weighted by molar-refractivity contribution is 5.74. The van der Waals surface area contributed by atoms with Gasteiger partial charge in [0.25, 0.3) is 0 Å². The number of hydrogen-bond acceptors (Lipinski definition) is 2. The Balaban J connectivity index is 2.36. The van der Waals surface area contributed by atoms with Crippen LogP contribution in [0, 0.1) is 17.8 Å². The molecule has 0 aromatic heterocycles. The molecule has 88 valence electrons. The number of carbonyl (C=O) groups is 1. The summed E-state index contributed by atoms with van der Waals surface area (Å²) in [6.45, 7) is 9.41. The average molecular weight is 213 g/mol. The number of nitrogens with two attached hydrogens (primary N) is 1. The van der Waals surface area contributed by atoms with Crippen molar-refractivity contribution in [3.8, 4) is 0 Å². The normalized spacial score (nSPS) is 26.1. The predicted octanol–water partition coefficient (Wildman–Crippen LogP) is 0.879. The Morgan fingerprint density at radius 3 is 2.67 bits per heavy atom. The molecule has 4 nitrogen and oxygen atoms in total. The average Bonchev–Trinajstić information content (AvgIpc) is 2.56. The van der Waals surface area contributed by atoms with Gasteiger partial charge in [-0.3, -0.25) is 0 Å². The van der Waals surface area contributed by atoms with Gasteiger partial charge < -0.3 is 16.0 Å². The summed E-state index contributed by atoms with van der Waals surface area (Å²) in [7, 11) is 0. The van der Waals surface area contributed by atoms with Crippen molar-refractivity contribution in [2.24, 2.45) is 23.5 Å². The third kappa shape index (κ3) is 3.38. The van der Waals surface area contributed by atoms with Gasteiger partial charge in [0.1, 0.15) is 0 Å². The minimum absolute atomic E-state index is 0.0616. The van der Waals surface area contributed by atoms with Crippen molar-refractivity contribution in [2.75, 3.05) is 26.2 Å². The van der Waals surface area contributed by atoms with Gasteiger partial charge in [-0.2, -0.15) is 0 Å². The van der Waals surface area contributed by atoms with E-state index in [1.807, 2.05) is 4.90 Å². The molecule has 1 heterocycles. The van der Waals surface area contributed by atoms with E-state index in [9.17, 15) is 4.79 Å². The molecular formula is C11H23N3O. The van der Waals surface area contributed by atoms with E-state index in [-0.39, 0.29) is 6.03 Å². The molecule has 0 bridgehead atoms. The molecule has 1 aliphatic heterocycles. The van der Waals surface area contributed by atoms with E-state index in [1.165, 1.54) is 0 Å². The van der Waals surface area contributed by atoms with Crippen molar-refractivity contribution < 1.29 is 4.79 Å². The zero-order chi connectivity index (χ0) is 11.4. The first kappa shape index (κ1) is 12.3. The van der Waals surface area contributed by atoms with Crippen molar-refractivity contribution in [3.05, 3.63) is 0 Å². The Hall–Kier alpha value is -0.770. The maximum absolute atomic E-state index is 11.7. The Bertz CT molecular complexity index is 218. The Morgan fingerprint density at radius 2 is 2.20 bits per heavy atom. The van der Waals surface area contributed by atoms with Crippen molar-refractivity contribution in [2.45, 2.75) is 20.8 Å². The second kappa shape index (κ2) is 5.35. The van der Waals surface area contributed by atoms with Crippen LogP contribution in [0.2, 0.25) is 0 Å². The van der Waals surface area contributed by atoms with Crippen LogP contribution in [0.15, 0.2) is 0 Å². The van der Waals surface area contributed by atoms with Crippen molar-refractivity contribution in [1.29, 1.82) is 0 Å². The third-order valence-electron chi connectivity index (χ3n) is 3.02. The topological polar surface area (TPSA) is 58.4 Å². The predicted molar refractivity (Wildman–Crippen MR) is 61.5 cm³/mol. The highest BCUT2D eigenvalue weighted by Gasteiger charge is 2.31. The molecule has 1 saturated heterocycles. The van der Waals surface area contributed by atoms with Crippen molar-refractivity contribution >= 4 is 6.03 Å². The van der Waals surface area contributed by atoms with Gasteiger partial charge in [0, 0.05) is 19.6 Å². The second-order valence-electron chi connectivity index (χ2n) is 4.96. The van der Waals surface area contributed by atoms with Crippen LogP contribution in [-0.2, 0) is 0 Å². The maximum Gasteiger partial charge on any atom is 0.317 e. The molecule has 1 fully saturated rings. The fourth-order valence-corrected chi connectivity index (χ4v) is 1.91. The van der Waals surface area contributed by atoms with Gasteiger partial charge >= 0.3 is 6.03 Å². The summed E-state index contributed by atoms with van der Waals surface area (Å²) in [5, 5.41) is 2.94. The van der Waals surface area contributed by atoms with E-state index < -0.39 is 0 Å². The van der Waals surface area contributed by atoms with Gasteiger partial charge in [0.15, 0.2) is 0 Å². The smallest absolute Gasteiger partial charge is 0.317 e. The first-order valence-electron chi connectivity index (χ1n) is 5.77. The first-order valence-corrected chi connectivity index (χ1v) is 5.77. The maximum atomic E-state index is 11.7. The zero-order valence-corrected chi connectivity index (χ0v) is 9.99. The number of nitrogens with one attached hydrogen (secondary N) is 1. The number of carbonyl (C=O) groups excluding carboxylic acids is 1. The number of rotatable bonds is 3. The number of amides is 2. The van der Waals surface area contributed by atoms with E-state index in [0.717, 1.165) is 19.6 Å². The molecule has 15 heavy (non-hydrogen) atoms.